The summed E-state index contributed by atoms with van der Waals surface area (Å²) in [4.78, 5) is 26.6. The lowest BCUT2D eigenvalue weighted by atomic mass is 9.57. The molecule has 0 radical (unpaired) electrons. The number of nitrogens with zero attached hydrogens (tertiary/aromatic N) is 1. The molecule has 0 aromatic rings. The average molecular weight is 292 g/mol. The van der Waals surface area contributed by atoms with Gasteiger partial charge in [-0.05, 0) is 64.5 Å². The van der Waals surface area contributed by atoms with Crippen LogP contribution in [0.1, 0.15) is 51.9 Å². The van der Waals surface area contributed by atoms with Gasteiger partial charge in [-0.3, -0.25) is 9.59 Å². The molecule has 3 rings (SSSR count). The van der Waals surface area contributed by atoms with Crippen molar-refractivity contribution in [2.24, 2.45) is 17.3 Å². The summed E-state index contributed by atoms with van der Waals surface area (Å²) in [6, 6.07) is 0. The van der Waals surface area contributed by atoms with Crippen LogP contribution in [0.5, 0.6) is 0 Å². The van der Waals surface area contributed by atoms with Crippen LogP contribution in [0.3, 0.4) is 0 Å². The maximum absolute atomic E-state index is 12.6. The highest BCUT2D eigenvalue weighted by Crippen LogP contribution is 2.51. The summed E-state index contributed by atoms with van der Waals surface area (Å²) in [7, 11) is 0. The van der Waals surface area contributed by atoms with Gasteiger partial charge in [-0.1, -0.05) is 6.42 Å². The molecule has 0 aromatic carbocycles. The number of hydrogen-bond acceptors (Lipinski definition) is 3. The van der Waals surface area contributed by atoms with Crippen LogP contribution in [0.4, 0.5) is 0 Å². The van der Waals surface area contributed by atoms with Crippen molar-refractivity contribution in [3.05, 3.63) is 0 Å². The number of amides is 1. The molecular formula is C17H28N2O2. The molecule has 0 aromatic heterocycles. The van der Waals surface area contributed by atoms with E-state index in [2.05, 4.69) is 10.2 Å². The maximum Gasteiger partial charge on any atom is 0.225 e. The molecule has 2 saturated heterocycles. The van der Waals surface area contributed by atoms with Gasteiger partial charge in [-0.15, -0.1) is 0 Å². The highest BCUT2D eigenvalue weighted by atomic mass is 16.2. The molecule has 0 unspecified atom stereocenters. The van der Waals surface area contributed by atoms with Crippen molar-refractivity contribution in [2.75, 3.05) is 26.2 Å². The average Bonchev–Trinajstić information content (AvgIpc) is 2.47. The minimum absolute atomic E-state index is 0.0239. The van der Waals surface area contributed by atoms with Crippen molar-refractivity contribution in [2.45, 2.75) is 51.9 Å². The Morgan fingerprint density at radius 2 is 1.67 bits per heavy atom. The summed E-state index contributed by atoms with van der Waals surface area (Å²) in [5.41, 5.74) is -0.0239. The maximum atomic E-state index is 12.6. The molecule has 118 valence electrons. The minimum atomic E-state index is -0.0239. The van der Waals surface area contributed by atoms with E-state index in [9.17, 15) is 9.59 Å². The Morgan fingerprint density at radius 1 is 1.05 bits per heavy atom. The second-order valence-electron chi connectivity index (χ2n) is 7.19. The number of carbonyl (C=O) groups excluding carboxylic acids is 2. The fraction of sp³-hybridized carbons (Fsp3) is 0.882. The summed E-state index contributed by atoms with van der Waals surface area (Å²) in [6.45, 7) is 5.44. The van der Waals surface area contributed by atoms with Crippen molar-refractivity contribution < 1.29 is 9.59 Å². The number of likely N-dealkylation sites (tertiary alicyclic amines) is 1. The normalized spacial score (nSPS) is 27.2. The second kappa shape index (κ2) is 6.07. The Labute approximate surface area is 127 Å². The molecule has 0 spiro atoms. The largest absolute Gasteiger partial charge is 0.342 e. The molecule has 3 aliphatic rings. The van der Waals surface area contributed by atoms with Crippen molar-refractivity contribution in [3.8, 4) is 0 Å². The van der Waals surface area contributed by atoms with Crippen molar-refractivity contribution in [3.63, 3.8) is 0 Å². The smallest absolute Gasteiger partial charge is 0.225 e. The van der Waals surface area contributed by atoms with Crippen molar-refractivity contribution >= 4 is 11.7 Å². The highest BCUT2D eigenvalue weighted by molar-refractivity contribution is 5.83. The number of piperidine rings is 2. The van der Waals surface area contributed by atoms with Gasteiger partial charge in [0.2, 0.25) is 5.91 Å². The monoisotopic (exact) mass is 292 g/mol. The summed E-state index contributed by atoms with van der Waals surface area (Å²) in [5, 5.41) is 3.32. The van der Waals surface area contributed by atoms with Gasteiger partial charge in [0, 0.05) is 24.4 Å². The van der Waals surface area contributed by atoms with Crippen LogP contribution in [0.2, 0.25) is 0 Å². The van der Waals surface area contributed by atoms with Gasteiger partial charge in [-0.2, -0.15) is 0 Å². The van der Waals surface area contributed by atoms with E-state index in [0.29, 0.717) is 17.6 Å². The zero-order chi connectivity index (χ0) is 14.9. The molecule has 2 heterocycles. The Kier molecular flexibility index (Phi) is 4.34. The molecule has 1 saturated carbocycles. The van der Waals surface area contributed by atoms with Gasteiger partial charge in [0.25, 0.3) is 0 Å². The van der Waals surface area contributed by atoms with E-state index < -0.39 is 0 Å². The fourth-order valence-electron chi connectivity index (χ4n) is 4.58. The molecule has 0 atom stereocenters. The van der Waals surface area contributed by atoms with Crippen LogP contribution in [-0.4, -0.2) is 42.8 Å². The third-order valence-corrected chi connectivity index (χ3v) is 6.22. The number of nitrogens with one attached hydrogen (secondary N) is 1. The molecule has 4 heteroatoms. The standard InChI is InChI=1S/C17H28N2O2/c1-13(20)17(7-2-8-17)15-5-11-19(12-6-15)16(21)14-3-9-18-10-4-14/h14-15,18H,2-12H2,1H3. The van der Waals surface area contributed by atoms with Crippen LogP contribution in [0.15, 0.2) is 0 Å². The number of Topliss-reactive ketones (excluding diaryl/α,β-unsaturated/α-hetero) is 1. The molecular weight excluding hydrogens is 264 g/mol. The van der Waals surface area contributed by atoms with Crippen LogP contribution in [-0.2, 0) is 9.59 Å². The zero-order valence-corrected chi connectivity index (χ0v) is 13.2. The van der Waals surface area contributed by atoms with Crippen LogP contribution in [0, 0.1) is 17.3 Å². The molecule has 2 aliphatic heterocycles. The van der Waals surface area contributed by atoms with E-state index in [1.807, 2.05) is 0 Å². The molecule has 3 fully saturated rings. The van der Waals surface area contributed by atoms with Crippen LogP contribution < -0.4 is 5.32 Å². The van der Waals surface area contributed by atoms with Crippen LogP contribution in [0.25, 0.3) is 0 Å². The topological polar surface area (TPSA) is 49.4 Å². The van der Waals surface area contributed by atoms with Crippen molar-refractivity contribution in [1.29, 1.82) is 0 Å². The van der Waals surface area contributed by atoms with Gasteiger partial charge in [0.15, 0.2) is 0 Å². The summed E-state index contributed by atoms with van der Waals surface area (Å²) >= 11 is 0. The number of rotatable bonds is 3. The summed E-state index contributed by atoms with van der Waals surface area (Å²) in [5.74, 6) is 1.49. The molecule has 1 amide bonds. The lowest BCUT2D eigenvalue weighted by molar-refractivity contribution is -0.143. The number of ketones is 1. The molecule has 0 bridgehead atoms. The summed E-state index contributed by atoms with van der Waals surface area (Å²) < 4.78 is 0. The van der Waals surface area contributed by atoms with E-state index in [1.165, 1.54) is 6.42 Å². The van der Waals surface area contributed by atoms with E-state index in [0.717, 1.165) is 64.7 Å². The number of carbonyl (C=O) groups is 2. The molecule has 1 N–H and O–H groups in total. The molecule has 21 heavy (non-hydrogen) atoms. The van der Waals surface area contributed by atoms with Gasteiger partial charge in [0.05, 0.1) is 0 Å². The first-order chi connectivity index (χ1) is 10.1. The lowest BCUT2D eigenvalue weighted by Crippen LogP contribution is -2.50. The number of hydrogen-bond donors (Lipinski definition) is 1. The first kappa shape index (κ1) is 15.0. The third-order valence-electron chi connectivity index (χ3n) is 6.22. The lowest BCUT2D eigenvalue weighted by Gasteiger charge is -2.49. The second-order valence-corrected chi connectivity index (χ2v) is 7.19. The zero-order valence-electron chi connectivity index (χ0n) is 13.2. The van der Waals surface area contributed by atoms with Gasteiger partial charge in [0.1, 0.15) is 5.78 Å². The molecule has 4 nitrogen and oxygen atoms in total. The predicted octanol–water partition coefficient (Wildman–Crippen LogP) is 1.98. The van der Waals surface area contributed by atoms with Gasteiger partial charge < -0.3 is 10.2 Å². The van der Waals surface area contributed by atoms with Gasteiger partial charge in [-0.25, -0.2) is 0 Å². The molecule has 1 aliphatic carbocycles. The van der Waals surface area contributed by atoms with Crippen LogP contribution >= 0.6 is 0 Å². The highest BCUT2D eigenvalue weighted by Gasteiger charge is 2.48. The fourth-order valence-corrected chi connectivity index (χ4v) is 4.58. The Bertz CT molecular complexity index is 403. The SMILES string of the molecule is CC(=O)C1(C2CCN(C(=O)C3CCNCC3)CC2)CCC1. The van der Waals surface area contributed by atoms with Gasteiger partial charge >= 0.3 is 0 Å². The Hall–Kier alpha value is -0.900. The summed E-state index contributed by atoms with van der Waals surface area (Å²) in [6.07, 6.45) is 7.37. The van der Waals surface area contributed by atoms with E-state index in [1.54, 1.807) is 6.92 Å². The third kappa shape index (κ3) is 2.75. The first-order valence-electron chi connectivity index (χ1n) is 8.64. The Morgan fingerprint density at radius 3 is 2.14 bits per heavy atom. The van der Waals surface area contributed by atoms with E-state index in [-0.39, 0.29) is 11.3 Å². The Balaban J connectivity index is 1.55. The first-order valence-corrected chi connectivity index (χ1v) is 8.64. The van der Waals surface area contributed by atoms with Crippen molar-refractivity contribution in [1.82, 2.24) is 10.2 Å². The quantitative estimate of drug-likeness (QED) is 0.865. The predicted molar refractivity (Wildman–Crippen MR) is 81.9 cm³/mol. The van der Waals surface area contributed by atoms with E-state index in [4.69, 9.17) is 0 Å². The van der Waals surface area contributed by atoms with E-state index >= 15 is 0 Å². The minimum Gasteiger partial charge on any atom is -0.342 e.